The first-order chi connectivity index (χ1) is 8.25. The Bertz CT molecular complexity index is 430. The van der Waals surface area contributed by atoms with Crippen LogP contribution in [0.25, 0.3) is 0 Å². The molecule has 0 bridgehead atoms. The number of aromatic nitrogens is 1. The molecule has 2 heterocycles. The van der Waals surface area contributed by atoms with Crippen LogP contribution in [0.2, 0.25) is 0 Å². The van der Waals surface area contributed by atoms with E-state index in [1.807, 2.05) is 0 Å². The van der Waals surface area contributed by atoms with Gasteiger partial charge in [-0.25, -0.2) is 9.78 Å². The van der Waals surface area contributed by atoms with Gasteiger partial charge in [-0.15, -0.1) is 0 Å². The van der Waals surface area contributed by atoms with Crippen molar-refractivity contribution in [1.29, 1.82) is 0 Å². The number of nitrogens with zero attached hydrogens (tertiary/aromatic N) is 1. The molecule has 5 heteroatoms. The van der Waals surface area contributed by atoms with Crippen molar-refractivity contribution in [3.8, 4) is 0 Å². The van der Waals surface area contributed by atoms with Crippen LogP contribution in [0.15, 0.2) is 4.42 Å². The predicted molar refractivity (Wildman–Crippen MR) is 58.0 cm³/mol. The molecule has 5 nitrogen and oxygen atoms in total. The molecule has 2 fully saturated rings. The van der Waals surface area contributed by atoms with Gasteiger partial charge in [0.15, 0.2) is 5.89 Å². The topological polar surface area (TPSA) is 72.6 Å². The van der Waals surface area contributed by atoms with Gasteiger partial charge < -0.3 is 14.3 Å². The molecule has 1 aliphatic carbocycles. The normalized spacial score (nSPS) is 24.8. The van der Waals surface area contributed by atoms with E-state index in [1.54, 1.807) is 0 Å². The maximum atomic E-state index is 11.1. The van der Waals surface area contributed by atoms with Gasteiger partial charge in [-0.1, -0.05) is 6.42 Å². The maximum Gasteiger partial charge on any atom is 0.373 e. The monoisotopic (exact) mass is 237 g/mol. The molecule has 1 aromatic rings. The van der Waals surface area contributed by atoms with Crippen molar-refractivity contribution in [3.63, 3.8) is 0 Å². The van der Waals surface area contributed by atoms with Gasteiger partial charge in [0.25, 0.3) is 0 Å². The van der Waals surface area contributed by atoms with Crippen LogP contribution >= 0.6 is 0 Å². The molecule has 1 N–H and O–H groups in total. The third kappa shape index (κ3) is 1.84. The van der Waals surface area contributed by atoms with Gasteiger partial charge in [0.1, 0.15) is 11.8 Å². The molecular formula is C12H15NO4. The standard InChI is InChI=1S/C12H15NO4/c14-12(15)10-9(8-5-2-6-16-8)13-11(17-10)7-3-1-4-7/h7-8H,1-6H2,(H,14,15). The van der Waals surface area contributed by atoms with Gasteiger partial charge in [-0.2, -0.15) is 0 Å². The van der Waals surface area contributed by atoms with Crippen molar-refractivity contribution >= 4 is 5.97 Å². The third-order valence-electron chi connectivity index (χ3n) is 3.55. The number of hydrogen-bond acceptors (Lipinski definition) is 4. The summed E-state index contributed by atoms with van der Waals surface area (Å²) >= 11 is 0. The summed E-state index contributed by atoms with van der Waals surface area (Å²) in [6.45, 7) is 0.676. The molecule has 1 aromatic heterocycles. The minimum absolute atomic E-state index is 0.0289. The quantitative estimate of drug-likeness (QED) is 0.874. The first kappa shape index (κ1) is 10.8. The molecule has 0 spiro atoms. The molecule has 1 saturated heterocycles. The molecule has 0 radical (unpaired) electrons. The van der Waals surface area contributed by atoms with Crippen LogP contribution in [0, 0.1) is 0 Å². The zero-order chi connectivity index (χ0) is 11.8. The minimum atomic E-state index is -1.05. The number of carboxylic acid groups (broad SMARTS) is 1. The highest BCUT2D eigenvalue weighted by molar-refractivity contribution is 5.85. The summed E-state index contributed by atoms with van der Waals surface area (Å²) in [5, 5.41) is 9.12. The summed E-state index contributed by atoms with van der Waals surface area (Å²) in [5.41, 5.74) is 0.483. The van der Waals surface area contributed by atoms with Gasteiger partial charge in [0.05, 0.1) is 0 Å². The second-order valence-electron chi connectivity index (χ2n) is 4.70. The van der Waals surface area contributed by atoms with Gasteiger partial charge >= 0.3 is 5.97 Å². The van der Waals surface area contributed by atoms with Crippen molar-refractivity contribution in [2.75, 3.05) is 6.61 Å². The Kier molecular flexibility index (Phi) is 2.63. The predicted octanol–water partition coefficient (Wildman–Crippen LogP) is 2.49. The SMILES string of the molecule is O=C(O)c1oc(C2CCC2)nc1C1CCCO1. The Morgan fingerprint density at radius 3 is 2.65 bits per heavy atom. The van der Waals surface area contributed by atoms with Crippen LogP contribution in [0.1, 0.15) is 66.3 Å². The lowest BCUT2D eigenvalue weighted by atomic mass is 9.85. The van der Waals surface area contributed by atoms with Crippen molar-refractivity contribution in [2.24, 2.45) is 0 Å². The first-order valence-electron chi connectivity index (χ1n) is 6.11. The highest BCUT2D eigenvalue weighted by Gasteiger charge is 2.33. The van der Waals surface area contributed by atoms with E-state index in [9.17, 15) is 4.79 Å². The van der Waals surface area contributed by atoms with E-state index in [2.05, 4.69) is 4.98 Å². The number of rotatable bonds is 3. The van der Waals surface area contributed by atoms with Crippen molar-refractivity contribution in [2.45, 2.75) is 44.1 Å². The zero-order valence-corrected chi connectivity index (χ0v) is 9.52. The molecule has 0 amide bonds. The Labute approximate surface area is 98.8 Å². The average Bonchev–Trinajstić information content (AvgIpc) is 2.79. The molecule has 92 valence electrons. The van der Waals surface area contributed by atoms with E-state index in [4.69, 9.17) is 14.3 Å². The lowest BCUT2D eigenvalue weighted by Crippen LogP contribution is -2.09. The zero-order valence-electron chi connectivity index (χ0n) is 9.52. The largest absolute Gasteiger partial charge is 0.475 e. The highest BCUT2D eigenvalue weighted by Crippen LogP contribution is 2.39. The molecule has 0 aromatic carbocycles. The van der Waals surface area contributed by atoms with Crippen LogP contribution in [0.5, 0.6) is 0 Å². The lowest BCUT2D eigenvalue weighted by molar-refractivity contribution is 0.0639. The summed E-state index contributed by atoms with van der Waals surface area (Å²) in [6, 6.07) is 0. The summed E-state index contributed by atoms with van der Waals surface area (Å²) in [4.78, 5) is 15.5. The second-order valence-corrected chi connectivity index (χ2v) is 4.70. The molecule has 17 heavy (non-hydrogen) atoms. The Balaban J connectivity index is 1.93. The van der Waals surface area contributed by atoms with E-state index in [0.29, 0.717) is 24.1 Å². The maximum absolute atomic E-state index is 11.1. The summed E-state index contributed by atoms with van der Waals surface area (Å²) < 4.78 is 10.9. The second kappa shape index (κ2) is 4.14. The average molecular weight is 237 g/mol. The molecule has 3 rings (SSSR count). The number of aromatic carboxylic acids is 1. The van der Waals surface area contributed by atoms with Gasteiger partial charge in [-0.05, 0) is 25.7 Å². The number of hydrogen-bond donors (Lipinski definition) is 1. The van der Waals surface area contributed by atoms with E-state index in [1.165, 1.54) is 6.42 Å². The van der Waals surface area contributed by atoms with Crippen LogP contribution in [0.3, 0.4) is 0 Å². The summed E-state index contributed by atoms with van der Waals surface area (Å²) in [7, 11) is 0. The third-order valence-corrected chi connectivity index (χ3v) is 3.55. The van der Waals surface area contributed by atoms with Crippen molar-refractivity contribution in [3.05, 3.63) is 17.3 Å². The molecular weight excluding hydrogens is 222 g/mol. The Morgan fingerprint density at radius 2 is 2.12 bits per heavy atom. The first-order valence-corrected chi connectivity index (χ1v) is 6.11. The number of oxazole rings is 1. The fraction of sp³-hybridized carbons (Fsp3) is 0.667. The van der Waals surface area contributed by atoms with Crippen LogP contribution < -0.4 is 0 Å². The van der Waals surface area contributed by atoms with E-state index < -0.39 is 5.97 Å². The Hall–Kier alpha value is -1.36. The number of ether oxygens (including phenoxy) is 1. The molecule has 1 unspecified atom stereocenters. The van der Waals surface area contributed by atoms with E-state index >= 15 is 0 Å². The fourth-order valence-electron chi connectivity index (χ4n) is 2.34. The van der Waals surface area contributed by atoms with Gasteiger partial charge in [-0.3, -0.25) is 0 Å². The highest BCUT2D eigenvalue weighted by atomic mass is 16.5. The van der Waals surface area contributed by atoms with Crippen LogP contribution in [0.4, 0.5) is 0 Å². The lowest BCUT2D eigenvalue weighted by Gasteiger charge is -2.21. The summed E-state index contributed by atoms with van der Waals surface area (Å²) in [5.74, 6) is -0.185. The number of carboxylic acids is 1. The Morgan fingerprint density at radius 1 is 1.29 bits per heavy atom. The van der Waals surface area contributed by atoms with Crippen LogP contribution in [-0.2, 0) is 4.74 Å². The fourth-order valence-corrected chi connectivity index (χ4v) is 2.34. The van der Waals surface area contributed by atoms with E-state index in [0.717, 1.165) is 25.7 Å². The smallest absolute Gasteiger partial charge is 0.373 e. The minimum Gasteiger partial charge on any atom is -0.475 e. The summed E-state index contributed by atoms with van der Waals surface area (Å²) in [6.07, 6.45) is 4.85. The van der Waals surface area contributed by atoms with Crippen LogP contribution in [-0.4, -0.2) is 22.7 Å². The van der Waals surface area contributed by atoms with Crippen molar-refractivity contribution < 1.29 is 19.1 Å². The molecule has 2 aliphatic rings. The van der Waals surface area contributed by atoms with Gasteiger partial charge in [0.2, 0.25) is 5.76 Å². The molecule has 1 aliphatic heterocycles. The van der Waals surface area contributed by atoms with Crippen molar-refractivity contribution in [1.82, 2.24) is 4.98 Å². The molecule has 1 saturated carbocycles. The van der Waals surface area contributed by atoms with Gasteiger partial charge in [0, 0.05) is 12.5 Å². The number of carbonyl (C=O) groups is 1. The van der Waals surface area contributed by atoms with E-state index in [-0.39, 0.29) is 11.9 Å². The molecule has 1 atom stereocenters.